The van der Waals surface area contributed by atoms with Gasteiger partial charge in [0, 0.05) is 19.3 Å². The highest BCUT2D eigenvalue weighted by molar-refractivity contribution is 7.92. The molecule has 1 aromatic heterocycles. The lowest BCUT2D eigenvalue weighted by molar-refractivity contribution is 0.601. The van der Waals surface area contributed by atoms with Gasteiger partial charge in [-0.25, -0.2) is 8.42 Å². The van der Waals surface area contributed by atoms with Crippen molar-refractivity contribution in [1.82, 2.24) is 4.57 Å². The van der Waals surface area contributed by atoms with E-state index in [1.54, 1.807) is 25.2 Å². The number of pyridine rings is 1. The lowest BCUT2D eigenvalue weighted by Crippen LogP contribution is -2.18. The maximum Gasteiger partial charge on any atom is 0.261 e. The molecule has 5 nitrogen and oxygen atoms in total. The van der Waals surface area contributed by atoms with Crippen LogP contribution in [0, 0.1) is 0 Å². The van der Waals surface area contributed by atoms with Gasteiger partial charge in [-0.15, -0.1) is 0 Å². The van der Waals surface area contributed by atoms with E-state index in [2.05, 4.69) is 4.72 Å². The Bertz CT molecular complexity index is 706. The van der Waals surface area contributed by atoms with Crippen molar-refractivity contribution in [3.05, 3.63) is 59.0 Å². The Morgan fingerprint density at radius 3 is 2.33 bits per heavy atom. The normalized spacial score (nSPS) is 11.2. The van der Waals surface area contributed by atoms with Gasteiger partial charge in [-0.2, -0.15) is 0 Å². The number of benzene rings is 1. The molecule has 0 unspecified atom stereocenters. The highest BCUT2D eigenvalue weighted by atomic mass is 32.2. The molecule has 2 aromatic rings. The Morgan fingerprint density at radius 1 is 1.06 bits per heavy atom. The van der Waals surface area contributed by atoms with Crippen LogP contribution in [-0.4, -0.2) is 13.0 Å². The van der Waals surface area contributed by atoms with Gasteiger partial charge in [0.25, 0.3) is 10.0 Å². The van der Waals surface area contributed by atoms with Gasteiger partial charge in [-0.3, -0.25) is 9.52 Å². The summed E-state index contributed by atoms with van der Waals surface area (Å²) in [6.07, 6.45) is 1.43. The van der Waals surface area contributed by atoms with Crippen molar-refractivity contribution >= 4 is 15.7 Å². The molecule has 1 aromatic carbocycles. The van der Waals surface area contributed by atoms with E-state index in [1.807, 2.05) is 0 Å². The summed E-state index contributed by atoms with van der Waals surface area (Å²) in [7, 11) is -2.05. The molecule has 6 heteroatoms. The highest BCUT2D eigenvalue weighted by Gasteiger charge is 2.13. The fraction of sp³-hybridized carbons (Fsp3) is 0.0833. The average Bonchev–Trinajstić information content (AvgIpc) is 2.35. The minimum atomic E-state index is -3.61. The van der Waals surface area contributed by atoms with Gasteiger partial charge in [0.05, 0.1) is 10.6 Å². The fourth-order valence-electron chi connectivity index (χ4n) is 1.47. The first-order chi connectivity index (χ1) is 8.49. The smallest absolute Gasteiger partial charge is 0.261 e. The second-order valence-electron chi connectivity index (χ2n) is 3.79. The van der Waals surface area contributed by atoms with E-state index in [1.165, 1.54) is 35.0 Å². The van der Waals surface area contributed by atoms with Crippen LogP contribution < -0.4 is 10.3 Å². The van der Waals surface area contributed by atoms with E-state index in [-0.39, 0.29) is 10.5 Å². The van der Waals surface area contributed by atoms with E-state index in [4.69, 9.17) is 0 Å². The van der Waals surface area contributed by atoms with Crippen LogP contribution in [0.15, 0.2) is 58.4 Å². The highest BCUT2D eigenvalue weighted by Crippen LogP contribution is 2.13. The second kappa shape index (κ2) is 4.66. The Balaban J connectivity index is 2.34. The summed E-state index contributed by atoms with van der Waals surface area (Å²) in [5.41, 5.74) is 0.151. The molecule has 0 saturated heterocycles. The van der Waals surface area contributed by atoms with Crippen molar-refractivity contribution in [1.29, 1.82) is 0 Å². The Labute approximate surface area is 105 Å². The minimum Gasteiger partial charge on any atom is -0.316 e. The van der Waals surface area contributed by atoms with Crippen molar-refractivity contribution in [3.8, 4) is 0 Å². The predicted molar refractivity (Wildman–Crippen MR) is 68.9 cm³/mol. The van der Waals surface area contributed by atoms with E-state index in [9.17, 15) is 13.2 Å². The third-order valence-corrected chi connectivity index (χ3v) is 3.79. The summed E-state index contributed by atoms with van der Waals surface area (Å²) in [6, 6.07) is 10.8. The van der Waals surface area contributed by atoms with Crippen LogP contribution in [0.1, 0.15) is 0 Å². The molecular weight excluding hydrogens is 252 g/mol. The van der Waals surface area contributed by atoms with Gasteiger partial charge in [-0.1, -0.05) is 18.2 Å². The molecule has 0 aliphatic heterocycles. The first-order valence-corrected chi connectivity index (χ1v) is 6.72. The number of hydrogen-bond acceptors (Lipinski definition) is 3. The summed E-state index contributed by atoms with van der Waals surface area (Å²) < 4.78 is 27.7. The Morgan fingerprint density at radius 2 is 1.72 bits per heavy atom. The molecule has 0 aliphatic carbocycles. The molecule has 18 heavy (non-hydrogen) atoms. The van der Waals surface area contributed by atoms with Crippen LogP contribution in [-0.2, 0) is 17.1 Å². The molecule has 1 N–H and O–H groups in total. The molecule has 0 radical (unpaired) electrons. The number of aryl methyl sites for hydroxylation is 1. The summed E-state index contributed by atoms with van der Waals surface area (Å²) >= 11 is 0. The third kappa shape index (κ3) is 2.60. The zero-order valence-corrected chi connectivity index (χ0v) is 10.5. The molecule has 94 valence electrons. The number of rotatable bonds is 3. The van der Waals surface area contributed by atoms with Crippen molar-refractivity contribution in [2.45, 2.75) is 4.90 Å². The fourth-order valence-corrected chi connectivity index (χ4v) is 2.53. The number of sulfonamides is 1. The molecule has 0 amide bonds. The van der Waals surface area contributed by atoms with Gasteiger partial charge in [0.15, 0.2) is 0 Å². The van der Waals surface area contributed by atoms with Gasteiger partial charge in [0.2, 0.25) is 5.56 Å². The summed E-state index contributed by atoms with van der Waals surface area (Å²) in [4.78, 5) is 11.4. The standard InChI is InChI=1S/C12H12N2O3S/c1-14-9-10(7-8-12(14)15)13-18(16,17)11-5-3-2-4-6-11/h2-9,13H,1H3. The van der Waals surface area contributed by atoms with Gasteiger partial charge < -0.3 is 4.57 Å². The van der Waals surface area contributed by atoms with Crippen LogP contribution in [0.5, 0.6) is 0 Å². The second-order valence-corrected chi connectivity index (χ2v) is 5.47. The largest absolute Gasteiger partial charge is 0.316 e. The summed E-state index contributed by atoms with van der Waals surface area (Å²) in [5.74, 6) is 0. The zero-order chi connectivity index (χ0) is 13.2. The maximum atomic E-state index is 12.0. The van der Waals surface area contributed by atoms with E-state index < -0.39 is 10.0 Å². The molecule has 1 heterocycles. The quantitative estimate of drug-likeness (QED) is 0.905. The lowest BCUT2D eigenvalue weighted by atomic mass is 10.4. The Kier molecular flexibility index (Phi) is 3.20. The molecular formula is C12H12N2O3S. The van der Waals surface area contributed by atoms with Crippen molar-refractivity contribution in [2.24, 2.45) is 7.05 Å². The first kappa shape index (κ1) is 12.4. The molecule has 0 atom stereocenters. The minimum absolute atomic E-state index is 0.179. The van der Waals surface area contributed by atoms with Crippen LogP contribution in [0.2, 0.25) is 0 Å². The molecule has 2 rings (SSSR count). The van der Waals surface area contributed by atoms with E-state index in [0.29, 0.717) is 5.69 Å². The van der Waals surface area contributed by atoms with Crippen LogP contribution in [0.3, 0.4) is 0 Å². The lowest BCUT2D eigenvalue weighted by Gasteiger charge is -2.08. The molecule has 0 fully saturated rings. The topological polar surface area (TPSA) is 68.2 Å². The first-order valence-electron chi connectivity index (χ1n) is 5.23. The zero-order valence-electron chi connectivity index (χ0n) is 9.70. The van der Waals surface area contributed by atoms with Crippen LogP contribution in [0.25, 0.3) is 0 Å². The van der Waals surface area contributed by atoms with Crippen molar-refractivity contribution < 1.29 is 8.42 Å². The molecule has 0 bridgehead atoms. The maximum absolute atomic E-state index is 12.0. The monoisotopic (exact) mass is 264 g/mol. The predicted octanol–water partition coefficient (Wildman–Crippen LogP) is 1.19. The van der Waals surface area contributed by atoms with Gasteiger partial charge in [-0.05, 0) is 18.2 Å². The van der Waals surface area contributed by atoms with Crippen molar-refractivity contribution in [3.63, 3.8) is 0 Å². The van der Waals surface area contributed by atoms with Gasteiger partial charge >= 0.3 is 0 Å². The molecule has 0 saturated carbocycles. The van der Waals surface area contributed by atoms with Crippen molar-refractivity contribution in [2.75, 3.05) is 4.72 Å². The van der Waals surface area contributed by atoms with Gasteiger partial charge in [0.1, 0.15) is 0 Å². The summed E-state index contributed by atoms with van der Waals surface area (Å²) in [5, 5.41) is 0. The van der Waals surface area contributed by atoms with Crippen LogP contribution in [0.4, 0.5) is 5.69 Å². The molecule has 0 spiro atoms. The number of aromatic nitrogens is 1. The number of nitrogens with zero attached hydrogens (tertiary/aromatic N) is 1. The SMILES string of the molecule is Cn1cc(NS(=O)(=O)c2ccccc2)ccc1=O. The van der Waals surface area contributed by atoms with E-state index in [0.717, 1.165) is 0 Å². The number of anilines is 1. The van der Waals surface area contributed by atoms with Crippen LogP contribution >= 0.6 is 0 Å². The number of hydrogen-bond donors (Lipinski definition) is 1. The third-order valence-electron chi connectivity index (χ3n) is 2.39. The Hall–Kier alpha value is -2.08. The average molecular weight is 264 g/mol. The number of nitrogens with one attached hydrogen (secondary N) is 1. The molecule has 0 aliphatic rings. The van der Waals surface area contributed by atoms with E-state index >= 15 is 0 Å². The summed E-state index contributed by atoms with van der Waals surface area (Å²) in [6.45, 7) is 0.